The van der Waals surface area contributed by atoms with Crippen LogP contribution in [0.25, 0.3) is 11.3 Å². The quantitative estimate of drug-likeness (QED) is 0.885. The molecule has 1 saturated heterocycles. The van der Waals surface area contributed by atoms with Gasteiger partial charge in [-0.1, -0.05) is 43.0 Å². The Hall–Kier alpha value is -2.63. The first-order valence-electron chi connectivity index (χ1n) is 10.4. The first-order chi connectivity index (χ1) is 13.7. The first-order valence-corrected chi connectivity index (χ1v) is 10.4. The Kier molecular flexibility index (Phi) is 5.74. The van der Waals surface area contributed by atoms with Crippen molar-refractivity contribution in [3.05, 3.63) is 42.2 Å². The molecule has 2 aromatic rings. The highest BCUT2D eigenvalue weighted by atomic mass is 16.2. The van der Waals surface area contributed by atoms with Gasteiger partial charge in [-0.25, -0.2) is 14.8 Å². The van der Waals surface area contributed by atoms with E-state index in [9.17, 15) is 4.79 Å². The van der Waals surface area contributed by atoms with Crippen molar-refractivity contribution in [2.45, 2.75) is 45.1 Å². The van der Waals surface area contributed by atoms with Crippen LogP contribution in [0.3, 0.4) is 0 Å². The fraction of sp³-hybridized carbons (Fsp3) is 0.500. The molecule has 0 bridgehead atoms. The van der Waals surface area contributed by atoms with Crippen LogP contribution in [0.15, 0.2) is 36.7 Å². The summed E-state index contributed by atoms with van der Waals surface area (Å²) < 4.78 is 0. The van der Waals surface area contributed by atoms with Crippen LogP contribution in [0.2, 0.25) is 0 Å². The van der Waals surface area contributed by atoms with Gasteiger partial charge < -0.3 is 15.1 Å². The average Bonchev–Trinajstić information content (AvgIpc) is 2.75. The number of aryl methyl sites for hydroxylation is 1. The predicted molar refractivity (Wildman–Crippen MR) is 111 cm³/mol. The second kappa shape index (κ2) is 8.59. The SMILES string of the molecule is Cc1cccc(-c2cc(N3CCN(C(=O)NC4CCCCC4)CC3)ncn2)c1. The van der Waals surface area contributed by atoms with E-state index in [2.05, 4.69) is 51.4 Å². The molecule has 6 heteroatoms. The highest BCUT2D eigenvalue weighted by Crippen LogP contribution is 2.23. The van der Waals surface area contributed by atoms with Gasteiger partial charge in [0.25, 0.3) is 0 Å². The molecule has 2 heterocycles. The minimum absolute atomic E-state index is 0.0923. The van der Waals surface area contributed by atoms with Gasteiger partial charge in [0.15, 0.2) is 0 Å². The lowest BCUT2D eigenvalue weighted by atomic mass is 9.96. The average molecular weight is 380 g/mol. The summed E-state index contributed by atoms with van der Waals surface area (Å²) in [7, 11) is 0. The zero-order valence-corrected chi connectivity index (χ0v) is 16.6. The van der Waals surface area contributed by atoms with E-state index in [4.69, 9.17) is 0 Å². The molecule has 6 nitrogen and oxygen atoms in total. The van der Waals surface area contributed by atoms with Crippen LogP contribution in [0.5, 0.6) is 0 Å². The lowest BCUT2D eigenvalue weighted by Crippen LogP contribution is -2.53. The second-order valence-corrected chi connectivity index (χ2v) is 7.89. The smallest absolute Gasteiger partial charge is 0.317 e. The van der Waals surface area contributed by atoms with Gasteiger partial charge in [0.2, 0.25) is 0 Å². The molecule has 1 aliphatic heterocycles. The molecule has 2 fully saturated rings. The number of amides is 2. The highest BCUT2D eigenvalue weighted by molar-refractivity contribution is 5.75. The Morgan fingerprint density at radius 3 is 2.57 bits per heavy atom. The van der Waals surface area contributed by atoms with Crippen molar-refractivity contribution >= 4 is 11.8 Å². The Morgan fingerprint density at radius 2 is 1.82 bits per heavy atom. The molecule has 0 radical (unpaired) electrons. The number of nitrogens with one attached hydrogen (secondary N) is 1. The van der Waals surface area contributed by atoms with Crippen molar-refractivity contribution in [1.82, 2.24) is 20.2 Å². The zero-order valence-electron chi connectivity index (χ0n) is 16.6. The van der Waals surface area contributed by atoms with Crippen molar-refractivity contribution in [2.75, 3.05) is 31.1 Å². The number of nitrogens with zero attached hydrogens (tertiary/aromatic N) is 4. The Labute approximate surface area is 167 Å². The topological polar surface area (TPSA) is 61.4 Å². The summed E-state index contributed by atoms with van der Waals surface area (Å²) in [6, 6.07) is 10.9. The molecule has 28 heavy (non-hydrogen) atoms. The second-order valence-electron chi connectivity index (χ2n) is 7.89. The lowest BCUT2D eigenvalue weighted by Gasteiger charge is -2.36. The lowest BCUT2D eigenvalue weighted by molar-refractivity contribution is 0.186. The summed E-state index contributed by atoms with van der Waals surface area (Å²) in [5.74, 6) is 0.929. The third kappa shape index (κ3) is 4.43. The van der Waals surface area contributed by atoms with Gasteiger partial charge in [-0.2, -0.15) is 0 Å². The number of urea groups is 1. The van der Waals surface area contributed by atoms with Gasteiger partial charge >= 0.3 is 6.03 Å². The van der Waals surface area contributed by atoms with Crippen LogP contribution >= 0.6 is 0 Å². The maximum absolute atomic E-state index is 12.6. The van der Waals surface area contributed by atoms with Gasteiger partial charge in [-0.05, 0) is 25.8 Å². The number of anilines is 1. The van der Waals surface area contributed by atoms with E-state index in [1.165, 1.54) is 24.8 Å². The third-order valence-electron chi connectivity index (χ3n) is 5.79. The Morgan fingerprint density at radius 1 is 1.04 bits per heavy atom. The maximum Gasteiger partial charge on any atom is 0.317 e. The molecular formula is C22H29N5O. The van der Waals surface area contributed by atoms with Crippen LogP contribution in [0, 0.1) is 6.92 Å². The number of aromatic nitrogens is 2. The largest absolute Gasteiger partial charge is 0.353 e. The van der Waals surface area contributed by atoms with Gasteiger partial charge in [-0.15, -0.1) is 0 Å². The number of hydrogen-bond donors (Lipinski definition) is 1. The van der Waals surface area contributed by atoms with Crippen LogP contribution in [0.4, 0.5) is 10.6 Å². The van der Waals surface area contributed by atoms with E-state index in [-0.39, 0.29) is 6.03 Å². The molecule has 1 aliphatic carbocycles. The molecule has 2 amide bonds. The van der Waals surface area contributed by atoms with Gasteiger partial charge in [0.1, 0.15) is 12.1 Å². The molecule has 148 valence electrons. The van der Waals surface area contributed by atoms with Crippen molar-refractivity contribution in [2.24, 2.45) is 0 Å². The van der Waals surface area contributed by atoms with E-state index in [0.717, 1.165) is 56.1 Å². The number of rotatable bonds is 3. The van der Waals surface area contributed by atoms with E-state index < -0.39 is 0 Å². The van der Waals surface area contributed by atoms with Crippen molar-refractivity contribution < 1.29 is 4.79 Å². The Bertz CT molecular complexity index is 810. The zero-order chi connectivity index (χ0) is 19.3. The monoisotopic (exact) mass is 379 g/mol. The normalized spacial score (nSPS) is 18.2. The van der Waals surface area contributed by atoms with Crippen molar-refractivity contribution in [1.29, 1.82) is 0 Å². The van der Waals surface area contributed by atoms with E-state index in [1.54, 1.807) is 6.33 Å². The van der Waals surface area contributed by atoms with E-state index >= 15 is 0 Å². The number of benzene rings is 1. The van der Waals surface area contributed by atoms with E-state index in [1.807, 2.05) is 11.0 Å². The molecular weight excluding hydrogens is 350 g/mol. The standard InChI is InChI=1S/C22H29N5O/c1-17-6-5-7-18(14-17)20-15-21(24-16-23-20)26-10-12-27(13-11-26)22(28)25-19-8-3-2-4-9-19/h5-7,14-16,19H,2-4,8-13H2,1H3,(H,25,28). The summed E-state index contributed by atoms with van der Waals surface area (Å²) in [4.78, 5) is 25.6. The molecule has 2 aliphatic rings. The summed E-state index contributed by atoms with van der Waals surface area (Å²) in [5, 5.41) is 3.22. The fourth-order valence-corrected chi connectivity index (χ4v) is 4.13. The molecule has 1 N–H and O–H groups in total. The third-order valence-corrected chi connectivity index (χ3v) is 5.79. The number of carbonyl (C=O) groups is 1. The van der Waals surface area contributed by atoms with Crippen LogP contribution in [0.1, 0.15) is 37.7 Å². The van der Waals surface area contributed by atoms with Crippen LogP contribution < -0.4 is 10.2 Å². The number of piperazine rings is 1. The maximum atomic E-state index is 12.6. The summed E-state index contributed by atoms with van der Waals surface area (Å²) >= 11 is 0. The number of hydrogen-bond acceptors (Lipinski definition) is 4. The number of carbonyl (C=O) groups excluding carboxylic acids is 1. The highest BCUT2D eigenvalue weighted by Gasteiger charge is 2.24. The molecule has 4 rings (SSSR count). The van der Waals surface area contributed by atoms with Gasteiger partial charge in [0.05, 0.1) is 5.69 Å². The summed E-state index contributed by atoms with van der Waals surface area (Å²) in [5.41, 5.74) is 3.26. The molecule has 0 spiro atoms. The predicted octanol–water partition coefficient (Wildman–Crippen LogP) is 3.62. The summed E-state index contributed by atoms with van der Waals surface area (Å²) in [6.45, 7) is 5.12. The first kappa shape index (κ1) is 18.7. The summed E-state index contributed by atoms with van der Waals surface area (Å²) in [6.07, 6.45) is 7.64. The van der Waals surface area contributed by atoms with E-state index in [0.29, 0.717) is 6.04 Å². The molecule has 1 saturated carbocycles. The molecule has 0 unspecified atom stereocenters. The molecule has 1 aromatic carbocycles. The molecule has 1 aromatic heterocycles. The molecule has 0 atom stereocenters. The van der Waals surface area contributed by atoms with Crippen LogP contribution in [-0.4, -0.2) is 53.1 Å². The fourth-order valence-electron chi connectivity index (χ4n) is 4.13. The minimum Gasteiger partial charge on any atom is -0.353 e. The van der Waals surface area contributed by atoms with Crippen LogP contribution in [-0.2, 0) is 0 Å². The minimum atomic E-state index is 0.0923. The van der Waals surface area contributed by atoms with Gasteiger partial charge in [-0.3, -0.25) is 0 Å². The van der Waals surface area contributed by atoms with Gasteiger partial charge in [0, 0.05) is 43.9 Å². The van der Waals surface area contributed by atoms with Crippen molar-refractivity contribution in [3.8, 4) is 11.3 Å². The van der Waals surface area contributed by atoms with Crippen molar-refractivity contribution in [3.63, 3.8) is 0 Å². The Balaban J connectivity index is 1.36.